The molecule has 1 N–H and O–H groups in total. The van der Waals surface area contributed by atoms with E-state index in [-0.39, 0.29) is 30.4 Å². The zero-order valence-electron chi connectivity index (χ0n) is 16.7. The molecule has 4 aliphatic rings. The minimum atomic E-state index is -0.724. The molecule has 5 rings (SSSR count). The van der Waals surface area contributed by atoms with Crippen molar-refractivity contribution in [3.8, 4) is 0 Å². The highest BCUT2D eigenvalue weighted by atomic mass is 16.5. The number of fused-ring (bicyclic) bond motifs is 1. The van der Waals surface area contributed by atoms with Crippen molar-refractivity contribution < 1.29 is 19.1 Å². The number of piperazine rings is 1. The highest BCUT2D eigenvalue weighted by Gasteiger charge is 2.67. The van der Waals surface area contributed by atoms with Crippen molar-refractivity contribution >= 4 is 17.7 Å². The summed E-state index contributed by atoms with van der Waals surface area (Å²) < 4.78 is 6.21. The molecule has 3 fully saturated rings. The smallest absolute Gasteiger partial charge is 0.239 e. The lowest BCUT2D eigenvalue weighted by Crippen LogP contribution is -2.54. The van der Waals surface area contributed by atoms with Crippen LogP contribution < -0.4 is 5.32 Å². The molecule has 1 spiro atoms. The monoisotopic (exact) mass is 395 g/mol. The molecule has 4 aliphatic heterocycles. The molecule has 7 nitrogen and oxygen atoms in total. The molecule has 29 heavy (non-hydrogen) atoms. The third-order valence-electron chi connectivity index (χ3n) is 6.68. The van der Waals surface area contributed by atoms with Crippen LogP contribution >= 0.6 is 0 Å². The van der Waals surface area contributed by atoms with Gasteiger partial charge in [-0.05, 0) is 25.0 Å². The van der Waals surface area contributed by atoms with Gasteiger partial charge in [-0.3, -0.25) is 14.4 Å². The molecule has 4 heterocycles. The van der Waals surface area contributed by atoms with Gasteiger partial charge < -0.3 is 19.9 Å². The molecule has 0 unspecified atom stereocenters. The molecule has 1 aromatic carbocycles. The first-order valence-electron chi connectivity index (χ1n) is 10.2. The van der Waals surface area contributed by atoms with E-state index in [1.54, 1.807) is 4.90 Å². The number of benzene rings is 1. The SMILES string of the molecule is Cc1ccc(C)c(CN2C[C@]34C=C[C@H](O3)[C@@H](C(=O)N3CCNC(=O)C3)[C@H]4C2=O)c1. The van der Waals surface area contributed by atoms with Gasteiger partial charge in [-0.2, -0.15) is 0 Å². The van der Waals surface area contributed by atoms with E-state index in [0.29, 0.717) is 26.2 Å². The largest absolute Gasteiger partial charge is 0.360 e. The Balaban J connectivity index is 1.40. The first-order valence-corrected chi connectivity index (χ1v) is 10.2. The van der Waals surface area contributed by atoms with Gasteiger partial charge in [-0.15, -0.1) is 0 Å². The highest BCUT2D eigenvalue weighted by molar-refractivity contribution is 5.94. The summed E-state index contributed by atoms with van der Waals surface area (Å²) in [5.74, 6) is -1.41. The number of rotatable bonds is 3. The Morgan fingerprint density at radius 2 is 2.14 bits per heavy atom. The summed E-state index contributed by atoms with van der Waals surface area (Å²) in [5.41, 5.74) is 2.69. The van der Waals surface area contributed by atoms with E-state index in [9.17, 15) is 14.4 Å². The molecule has 0 saturated carbocycles. The fourth-order valence-corrected chi connectivity index (χ4v) is 5.21. The number of aryl methyl sites for hydroxylation is 2. The zero-order valence-corrected chi connectivity index (χ0v) is 16.7. The quantitative estimate of drug-likeness (QED) is 0.758. The molecule has 0 aromatic heterocycles. The average molecular weight is 395 g/mol. The summed E-state index contributed by atoms with van der Waals surface area (Å²) in [6.07, 6.45) is 3.50. The first kappa shape index (κ1) is 18.4. The van der Waals surface area contributed by atoms with Crippen LogP contribution in [0, 0.1) is 25.7 Å². The van der Waals surface area contributed by atoms with Gasteiger partial charge in [-0.25, -0.2) is 0 Å². The third-order valence-corrected chi connectivity index (χ3v) is 6.68. The maximum Gasteiger partial charge on any atom is 0.239 e. The van der Waals surface area contributed by atoms with Gasteiger partial charge >= 0.3 is 0 Å². The van der Waals surface area contributed by atoms with Crippen molar-refractivity contribution in [2.75, 3.05) is 26.2 Å². The number of amides is 3. The minimum Gasteiger partial charge on any atom is -0.360 e. The van der Waals surface area contributed by atoms with Crippen molar-refractivity contribution in [3.05, 3.63) is 47.0 Å². The van der Waals surface area contributed by atoms with Crippen LogP contribution in [0.5, 0.6) is 0 Å². The minimum absolute atomic E-state index is 0.0300. The van der Waals surface area contributed by atoms with E-state index in [1.165, 1.54) is 0 Å². The van der Waals surface area contributed by atoms with Gasteiger partial charge in [0.15, 0.2) is 0 Å². The van der Waals surface area contributed by atoms with Gasteiger partial charge in [0.1, 0.15) is 5.60 Å². The van der Waals surface area contributed by atoms with Crippen LogP contribution in [-0.4, -0.2) is 65.4 Å². The molecule has 0 radical (unpaired) electrons. The molecule has 3 amide bonds. The van der Waals surface area contributed by atoms with E-state index in [4.69, 9.17) is 4.74 Å². The Kier molecular flexibility index (Phi) is 4.07. The maximum absolute atomic E-state index is 13.4. The predicted molar refractivity (Wildman–Crippen MR) is 105 cm³/mol. The molecular weight excluding hydrogens is 370 g/mol. The van der Waals surface area contributed by atoms with Crippen molar-refractivity contribution in [2.24, 2.45) is 11.8 Å². The lowest BCUT2D eigenvalue weighted by molar-refractivity contribution is -0.146. The second-order valence-electron chi connectivity index (χ2n) is 8.63. The Hall–Kier alpha value is -2.67. The van der Waals surface area contributed by atoms with E-state index in [2.05, 4.69) is 23.5 Å². The molecule has 152 valence electrons. The molecule has 4 atom stereocenters. The van der Waals surface area contributed by atoms with Crippen molar-refractivity contribution in [2.45, 2.75) is 32.1 Å². The number of nitrogens with zero attached hydrogens (tertiary/aromatic N) is 2. The standard InChI is InChI=1S/C22H25N3O4/c1-13-3-4-14(2)15(9-13)10-25-12-22-6-5-16(29-22)18(19(22)21(25)28)20(27)24-8-7-23-17(26)11-24/h3-6,9,16,18-19H,7-8,10-12H2,1-2H3,(H,23,26)/t16-,18+,19-,22-/m0/s1. The van der Waals surface area contributed by atoms with E-state index in [0.717, 1.165) is 16.7 Å². The maximum atomic E-state index is 13.4. The molecular formula is C22H25N3O4. The first-order chi connectivity index (χ1) is 13.9. The summed E-state index contributed by atoms with van der Waals surface area (Å²) >= 11 is 0. The van der Waals surface area contributed by atoms with Crippen molar-refractivity contribution in [1.29, 1.82) is 0 Å². The fraction of sp³-hybridized carbons (Fsp3) is 0.500. The second kappa shape index (κ2) is 6.42. The van der Waals surface area contributed by atoms with Crippen LogP contribution in [0.3, 0.4) is 0 Å². The van der Waals surface area contributed by atoms with Crippen LogP contribution in [0.1, 0.15) is 16.7 Å². The normalized spacial score (nSPS) is 32.7. The average Bonchev–Trinajstić information content (AvgIpc) is 3.33. The Morgan fingerprint density at radius 3 is 2.93 bits per heavy atom. The molecule has 7 heteroatoms. The number of ether oxygens (including phenoxy) is 1. The number of carbonyl (C=O) groups is 3. The summed E-state index contributed by atoms with van der Waals surface area (Å²) in [5, 5.41) is 2.74. The Labute approximate surface area is 169 Å². The molecule has 3 saturated heterocycles. The topological polar surface area (TPSA) is 79.0 Å². The van der Waals surface area contributed by atoms with Crippen molar-refractivity contribution in [3.63, 3.8) is 0 Å². The number of likely N-dealkylation sites (tertiary alicyclic amines) is 1. The number of carbonyl (C=O) groups excluding carboxylic acids is 3. The van der Waals surface area contributed by atoms with Crippen LogP contribution in [0.25, 0.3) is 0 Å². The second-order valence-corrected chi connectivity index (χ2v) is 8.63. The summed E-state index contributed by atoms with van der Waals surface area (Å²) in [6.45, 7) is 6.02. The number of hydrogen-bond donors (Lipinski definition) is 1. The molecule has 2 bridgehead atoms. The van der Waals surface area contributed by atoms with Crippen LogP contribution in [0.4, 0.5) is 0 Å². The number of nitrogens with one attached hydrogen (secondary N) is 1. The predicted octanol–water partition coefficient (Wildman–Crippen LogP) is 0.544. The van der Waals surface area contributed by atoms with Gasteiger partial charge in [0.05, 0.1) is 31.0 Å². The number of hydrogen-bond acceptors (Lipinski definition) is 4. The highest BCUT2D eigenvalue weighted by Crippen LogP contribution is 2.52. The Bertz CT molecular complexity index is 942. The van der Waals surface area contributed by atoms with E-state index < -0.39 is 17.4 Å². The van der Waals surface area contributed by atoms with Crippen LogP contribution in [0.15, 0.2) is 30.4 Å². The summed E-state index contributed by atoms with van der Waals surface area (Å²) in [6, 6.07) is 6.24. The summed E-state index contributed by atoms with van der Waals surface area (Å²) in [4.78, 5) is 41.8. The zero-order chi connectivity index (χ0) is 20.3. The van der Waals surface area contributed by atoms with Crippen LogP contribution in [-0.2, 0) is 25.7 Å². The third kappa shape index (κ3) is 2.79. The van der Waals surface area contributed by atoms with Gasteiger partial charge in [0.25, 0.3) is 0 Å². The van der Waals surface area contributed by atoms with Crippen LogP contribution in [0.2, 0.25) is 0 Å². The summed E-state index contributed by atoms with van der Waals surface area (Å²) in [7, 11) is 0. The molecule has 0 aliphatic carbocycles. The van der Waals surface area contributed by atoms with E-state index in [1.807, 2.05) is 30.9 Å². The van der Waals surface area contributed by atoms with Gasteiger partial charge in [0, 0.05) is 19.6 Å². The molecule has 1 aromatic rings. The Morgan fingerprint density at radius 1 is 1.31 bits per heavy atom. The lowest BCUT2D eigenvalue weighted by Gasteiger charge is -2.32. The van der Waals surface area contributed by atoms with Crippen molar-refractivity contribution in [1.82, 2.24) is 15.1 Å². The van der Waals surface area contributed by atoms with Gasteiger partial charge in [0.2, 0.25) is 17.7 Å². The van der Waals surface area contributed by atoms with E-state index >= 15 is 0 Å². The van der Waals surface area contributed by atoms with Gasteiger partial charge in [-0.1, -0.05) is 35.9 Å². The fourth-order valence-electron chi connectivity index (χ4n) is 5.21. The lowest BCUT2D eigenvalue weighted by atomic mass is 9.76.